The number of benzene rings is 2. The molecule has 3 aromatic rings. The highest BCUT2D eigenvalue weighted by molar-refractivity contribution is 6.00. The number of amides is 1. The molecule has 1 N–H and O–H groups in total. The predicted octanol–water partition coefficient (Wildman–Crippen LogP) is 4.40. The van der Waals surface area contributed by atoms with Crippen molar-refractivity contribution in [2.45, 2.75) is 32.7 Å². The van der Waals surface area contributed by atoms with Gasteiger partial charge in [-0.25, -0.2) is 4.68 Å². The van der Waals surface area contributed by atoms with E-state index in [-0.39, 0.29) is 18.3 Å². The largest absolute Gasteiger partial charge is 0.338 e. The zero-order chi connectivity index (χ0) is 20.4. The van der Waals surface area contributed by atoms with Crippen LogP contribution in [0.3, 0.4) is 0 Å². The Morgan fingerprint density at radius 2 is 1.77 bits per heavy atom. The minimum atomic E-state index is 0. The highest BCUT2D eigenvalue weighted by atomic mass is 35.5. The molecule has 0 saturated carbocycles. The highest BCUT2D eigenvalue weighted by Gasteiger charge is 2.27. The molecule has 0 unspecified atom stereocenters. The number of aryl methyl sites for hydroxylation is 2. The molecule has 1 aliphatic rings. The SMILES string of the molecule is CNC1CCN(C(=O)c2cn(-c3ccccc3)nc2-c2ccc(C)cc2C)CC1.Cl. The Balaban J connectivity index is 0.00000256. The molecular formula is C24H29ClN4O. The second-order valence-corrected chi connectivity index (χ2v) is 7.85. The molecule has 30 heavy (non-hydrogen) atoms. The summed E-state index contributed by atoms with van der Waals surface area (Å²) in [4.78, 5) is 15.4. The Kier molecular flexibility index (Phi) is 6.95. The summed E-state index contributed by atoms with van der Waals surface area (Å²) in [5.74, 6) is 0.0664. The van der Waals surface area contributed by atoms with Crippen molar-refractivity contribution in [3.8, 4) is 16.9 Å². The Labute approximate surface area is 184 Å². The van der Waals surface area contributed by atoms with E-state index in [0.29, 0.717) is 11.6 Å². The fraction of sp³-hybridized carbons (Fsp3) is 0.333. The van der Waals surface area contributed by atoms with Gasteiger partial charge in [0.05, 0.1) is 11.3 Å². The first kappa shape index (κ1) is 22.1. The van der Waals surface area contributed by atoms with Gasteiger partial charge in [0, 0.05) is 30.9 Å². The lowest BCUT2D eigenvalue weighted by molar-refractivity contribution is 0.0708. The first-order valence-electron chi connectivity index (χ1n) is 10.3. The number of halogens is 1. The molecule has 4 rings (SSSR count). The first-order valence-corrected chi connectivity index (χ1v) is 10.3. The van der Waals surface area contributed by atoms with Gasteiger partial charge >= 0.3 is 0 Å². The highest BCUT2D eigenvalue weighted by Crippen LogP contribution is 2.29. The van der Waals surface area contributed by atoms with E-state index in [0.717, 1.165) is 48.4 Å². The molecule has 6 heteroatoms. The molecular weight excluding hydrogens is 396 g/mol. The number of rotatable bonds is 4. The van der Waals surface area contributed by atoms with Crippen molar-refractivity contribution in [3.05, 3.63) is 71.4 Å². The number of para-hydroxylation sites is 1. The van der Waals surface area contributed by atoms with Crippen LogP contribution in [-0.4, -0.2) is 46.8 Å². The van der Waals surface area contributed by atoms with E-state index in [1.54, 1.807) is 0 Å². The van der Waals surface area contributed by atoms with Crippen LogP contribution in [-0.2, 0) is 0 Å². The van der Waals surface area contributed by atoms with Gasteiger partial charge in [0.2, 0.25) is 0 Å². The Bertz CT molecular complexity index is 1010. The Hall–Kier alpha value is -2.63. The van der Waals surface area contributed by atoms with Gasteiger partial charge in [0.15, 0.2) is 0 Å². The number of carbonyl (C=O) groups excluding carboxylic acids is 1. The van der Waals surface area contributed by atoms with E-state index in [2.05, 4.69) is 37.4 Å². The number of piperidine rings is 1. The van der Waals surface area contributed by atoms with Crippen LogP contribution in [0.2, 0.25) is 0 Å². The lowest BCUT2D eigenvalue weighted by atomic mass is 9.99. The van der Waals surface area contributed by atoms with Gasteiger partial charge in [-0.1, -0.05) is 42.0 Å². The summed E-state index contributed by atoms with van der Waals surface area (Å²) in [6, 6.07) is 16.7. The van der Waals surface area contributed by atoms with Crippen LogP contribution in [0.25, 0.3) is 16.9 Å². The molecule has 1 fully saturated rings. The van der Waals surface area contributed by atoms with Crippen molar-refractivity contribution in [3.63, 3.8) is 0 Å². The van der Waals surface area contributed by atoms with Gasteiger partial charge in [0.25, 0.3) is 5.91 Å². The molecule has 1 aliphatic heterocycles. The number of nitrogens with zero attached hydrogens (tertiary/aromatic N) is 3. The number of carbonyl (C=O) groups is 1. The quantitative estimate of drug-likeness (QED) is 0.675. The van der Waals surface area contributed by atoms with Crippen LogP contribution in [0.4, 0.5) is 0 Å². The Morgan fingerprint density at radius 1 is 1.07 bits per heavy atom. The molecule has 5 nitrogen and oxygen atoms in total. The van der Waals surface area contributed by atoms with Crippen molar-refractivity contribution in [1.29, 1.82) is 0 Å². The maximum absolute atomic E-state index is 13.5. The summed E-state index contributed by atoms with van der Waals surface area (Å²) < 4.78 is 1.82. The van der Waals surface area contributed by atoms with Crippen LogP contribution in [0, 0.1) is 13.8 Å². The van der Waals surface area contributed by atoms with Crippen LogP contribution in [0.1, 0.15) is 34.3 Å². The second kappa shape index (κ2) is 9.45. The van der Waals surface area contributed by atoms with Gasteiger partial charge in [-0.2, -0.15) is 5.10 Å². The van der Waals surface area contributed by atoms with E-state index in [9.17, 15) is 4.79 Å². The summed E-state index contributed by atoms with van der Waals surface area (Å²) in [5.41, 5.74) is 5.73. The first-order chi connectivity index (χ1) is 14.1. The van der Waals surface area contributed by atoms with Gasteiger partial charge < -0.3 is 10.2 Å². The van der Waals surface area contributed by atoms with Crippen molar-refractivity contribution >= 4 is 18.3 Å². The van der Waals surface area contributed by atoms with Crippen LogP contribution >= 0.6 is 12.4 Å². The maximum atomic E-state index is 13.5. The molecule has 0 atom stereocenters. The minimum absolute atomic E-state index is 0. The third-order valence-electron chi connectivity index (χ3n) is 5.79. The predicted molar refractivity (Wildman–Crippen MR) is 124 cm³/mol. The van der Waals surface area contributed by atoms with Gasteiger partial charge in [-0.05, 0) is 51.4 Å². The summed E-state index contributed by atoms with van der Waals surface area (Å²) in [6.45, 7) is 5.70. The maximum Gasteiger partial charge on any atom is 0.257 e. The molecule has 0 bridgehead atoms. The molecule has 2 aromatic carbocycles. The van der Waals surface area contributed by atoms with Gasteiger partial charge in [-0.3, -0.25) is 4.79 Å². The van der Waals surface area contributed by atoms with E-state index in [1.807, 2.05) is 53.2 Å². The fourth-order valence-corrected chi connectivity index (χ4v) is 4.06. The summed E-state index contributed by atoms with van der Waals surface area (Å²) >= 11 is 0. The molecule has 1 aromatic heterocycles. The number of aromatic nitrogens is 2. The van der Waals surface area contributed by atoms with Crippen LogP contribution in [0.15, 0.2) is 54.7 Å². The average Bonchev–Trinajstić information content (AvgIpc) is 3.19. The van der Waals surface area contributed by atoms with Crippen molar-refractivity contribution in [2.75, 3.05) is 20.1 Å². The number of likely N-dealkylation sites (tertiary alicyclic amines) is 1. The molecule has 2 heterocycles. The molecule has 1 saturated heterocycles. The molecule has 1 amide bonds. The molecule has 0 aliphatic carbocycles. The molecule has 158 valence electrons. The monoisotopic (exact) mass is 424 g/mol. The fourth-order valence-electron chi connectivity index (χ4n) is 4.06. The van der Waals surface area contributed by atoms with E-state index in [4.69, 9.17) is 5.10 Å². The zero-order valence-corrected chi connectivity index (χ0v) is 18.6. The number of hydrogen-bond acceptors (Lipinski definition) is 3. The van der Waals surface area contributed by atoms with Crippen LogP contribution < -0.4 is 5.32 Å². The van der Waals surface area contributed by atoms with E-state index < -0.39 is 0 Å². The van der Waals surface area contributed by atoms with E-state index >= 15 is 0 Å². The van der Waals surface area contributed by atoms with Crippen molar-refractivity contribution < 1.29 is 4.79 Å². The van der Waals surface area contributed by atoms with Crippen LogP contribution in [0.5, 0.6) is 0 Å². The summed E-state index contributed by atoms with van der Waals surface area (Å²) in [6.07, 6.45) is 3.85. The minimum Gasteiger partial charge on any atom is -0.338 e. The zero-order valence-electron chi connectivity index (χ0n) is 17.8. The lowest BCUT2D eigenvalue weighted by Gasteiger charge is -2.31. The molecule has 0 spiro atoms. The third-order valence-corrected chi connectivity index (χ3v) is 5.79. The third kappa shape index (κ3) is 4.42. The lowest BCUT2D eigenvalue weighted by Crippen LogP contribution is -2.44. The number of nitrogens with one attached hydrogen (secondary N) is 1. The number of hydrogen-bond donors (Lipinski definition) is 1. The van der Waals surface area contributed by atoms with Gasteiger partial charge in [0.1, 0.15) is 5.69 Å². The average molecular weight is 425 g/mol. The van der Waals surface area contributed by atoms with Crippen molar-refractivity contribution in [2.24, 2.45) is 0 Å². The normalized spacial score (nSPS) is 14.4. The molecule has 0 radical (unpaired) electrons. The summed E-state index contributed by atoms with van der Waals surface area (Å²) in [5, 5.41) is 8.17. The summed E-state index contributed by atoms with van der Waals surface area (Å²) in [7, 11) is 1.99. The smallest absolute Gasteiger partial charge is 0.257 e. The van der Waals surface area contributed by atoms with Crippen molar-refractivity contribution in [1.82, 2.24) is 20.0 Å². The van der Waals surface area contributed by atoms with E-state index in [1.165, 1.54) is 5.56 Å². The Morgan fingerprint density at radius 3 is 2.40 bits per heavy atom. The van der Waals surface area contributed by atoms with Gasteiger partial charge in [-0.15, -0.1) is 12.4 Å². The standard InChI is InChI=1S/C24H28N4O.ClH/c1-17-9-10-21(18(2)15-17)23-22(16-28(26-23)20-7-5-4-6-8-20)24(29)27-13-11-19(25-3)12-14-27;/h4-10,15-16,19,25H,11-14H2,1-3H3;1H. The second-order valence-electron chi connectivity index (χ2n) is 7.85. The topological polar surface area (TPSA) is 50.2 Å².